The Hall–Kier alpha value is -2.30. The zero-order valence-electron chi connectivity index (χ0n) is 11.5. The molecule has 106 valence electrons. The van der Waals surface area contributed by atoms with Gasteiger partial charge < -0.3 is 15.6 Å². The molecular weight excluding hydrogens is 254 g/mol. The number of pyridine rings is 1. The van der Waals surface area contributed by atoms with Crippen molar-refractivity contribution in [3.8, 4) is 0 Å². The van der Waals surface area contributed by atoms with Crippen LogP contribution in [0.1, 0.15) is 18.9 Å². The summed E-state index contributed by atoms with van der Waals surface area (Å²) in [5, 5.41) is 6.46. The number of aromatic amines is 1. The van der Waals surface area contributed by atoms with Crippen LogP contribution in [0.25, 0.3) is 10.9 Å². The fourth-order valence-electron chi connectivity index (χ4n) is 1.99. The Morgan fingerprint density at radius 1 is 1.20 bits per heavy atom. The second-order valence-electron chi connectivity index (χ2n) is 4.64. The first-order chi connectivity index (χ1) is 9.70. The SMILES string of the molecule is CCCNC(=O)NCCc1cc2ccccc2[nH]c1=O. The lowest BCUT2D eigenvalue weighted by Gasteiger charge is -2.07. The highest BCUT2D eigenvalue weighted by Crippen LogP contribution is 2.09. The topological polar surface area (TPSA) is 74.0 Å². The predicted molar refractivity (Wildman–Crippen MR) is 80.0 cm³/mol. The van der Waals surface area contributed by atoms with Gasteiger partial charge in [-0.25, -0.2) is 4.79 Å². The molecule has 3 N–H and O–H groups in total. The van der Waals surface area contributed by atoms with E-state index in [0.29, 0.717) is 25.1 Å². The van der Waals surface area contributed by atoms with Gasteiger partial charge in [-0.2, -0.15) is 0 Å². The number of amides is 2. The first-order valence-electron chi connectivity index (χ1n) is 6.83. The number of nitrogens with one attached hydrogen (secondary N) is 3. The first-order valence-corrected chi connectivity index (χ1v) is 6.83. The van der Waals surface area contributed by atoms with Gasteiger partial charge in [0.05, 0.1) is 0 Å². The number of urea groups is 1. The van der Waals surface area contributed by atoms with Crippen molar-refractivity contribution in [3.05, 3.63) is 46.2 Å². The van der Waals surface area contributed by atoms with Gasteiger partial charge >= 0.3 is 6.03 Å². The molecule has 0 atom stereocenters. The normalized spacial score (nSPS) is 10.4. The molecule has 1 heterocycles. The monoisotopic (exact) mass is 273 g/mol. The molecule has 0 fully saturated rings. The molecule has 0 unspecified atom stereocenters. The summed E-state index contributed by atoms with van der Waals surface area (Å²) in [5.74, 6) is 0. The smallest absolute Gasteiger partial charge is 0.314 e. The van der Waals surface area contributed by atoms with E-state index in [1.54, 1.807) is 0 Å². The molecule has 2 aromatic rings. The van der Waals surface area contributed by atoms with E-state index < -0.39 is 0 Å². The van der Waals surface area contributed by atoms with E-state index in [-0.39, 0.29) is 11.6 Å². The third-order valence-electron chi connectivity index (χ3n) is 3.05. The summed E-state index contributed by atoms with van der Waals surface area (Å²) >= 11 is 0. The van der Waals surface area contributed by atoms with Gasteiger partial charge in [0.2, 0.25) is 0 Å². The van der Waals surface area contributed by atoms with Gasteiger partial charge in [0.15, 0.2) is 0 Å². The molecule has 0 spiro atoms. The predicted octanol–water partition coefficient (Wildman–Crippen LogP) is 1.78. The van der Waals surface area contributed by atoms with Crippen LogP contribution >= 0.6 is 0 Å². The fraction of sp³-hybridized carbons (Fsp3) is 0.333. The third-order valence-corrected chi connectivity index (χ3v) is 3.05. The van der Waals surface area contributed by atoms with Crippen LogP contribution in [0, 0.1) is 0 Å². The highest BCUT2D eigenvalue weighted by molar-refractivity contribution is 5.78. The molecule has 5 nitrogen and oxygen atoms in total. The van der Waals surface area contributed by atoms with Crippen LogP contribution in [0.4, 0.5) is 4.79 Å². The maximum absolute atomic E-state index is 11.9. The Labute approximate surface area is 117 Å². The van der Waals surface area contributed by atoms with Gasteiger partial charge in [-0.15, -0.1) is 0 Å². The van der Waals surface area contributed by atoms with Crippen molar-refractivity contribution in [2.45, 2.75) is 19.8 Å². The molecule has 0 aliphatic carbocycles. The van der Waals surface area contributed by atoms with Crippen LogP contribution in [-0.2, 0) is 6.42 Å². The van der Waals surface area contributed by atoms with Crippen LogP contribution in [0.15, 0.2) is 35.1 Å². The van der Waals surface area contributed by atoms with Gasteiger partial charge in [-0.05, 0) is 30.4 Å². The van der Waals surface area contributed by atoms with E-state index in [1.807, 2.05) is 37.3 Å². The molecule has 0 saturated carbocycles. The molecule has 5 heteroatoms. The van der Waals surface area contributed by atoms with Crippen molar-refractivity contribution in [2.75, 3.05) is 13.1 Å². The molecule has 2 rings (SSSR count). The van der Waals surface area contributed by atoms with E-state index in [2.05, 4.69) is 15.6 Å². The molecule has 1 aromatic carbocycles. The summed E-state index contributed by atoms with van der Waals surface area (Å²) in [4.78, 5) is 26.1. The summed E-state index contributed by atoms with van der Waals surface area (Å²) in [5.41, 5.74) is 1.41. The van der Waals surface area contributed by atoms with Gasteiger partial charge in [-0.1, -0.05) is 25.1 Å². The van der Waals surface area contributed by atoms with Crippen molar-refractivity contribution in [3.63, 3.8) is 0 Å². The van der Waals surface area contributed by atoms with Crippen molar-refractivity contribution in [1.82, 2.24) is 15.6 Å². The van der Waals surface area contributed by atoms with E-state index >= 15 is 0 Å². The second kappa shape index (κ2) is 6.75. The summed E-state index contributed by atoms with van der Waals surface area (Å²) < 4.78 is 0. The number of rotatable bonds is 5. The zero-order valence-corrected chi connectivity index (χ0v) is 11.5. The average Bonchev–Trinajstić information content (AvgIpc) is 2.45. The Kier molecular flexibility index (Phi) is 4.76. The van der Waals surface area contributed by atoms with Gasteiger partial charge in [0.25, 0.3) is 5.56 Å². The maximum atomic E-state index is 11.9. The number of hydrogen-bond acceptors (Lipinski definition) is 2. The first kappa shape index (κ1) is 14.1. The van der Waals surface area contributed by atoms with Gasteiger partial charge in [0, 0.05) is 24.2 Å². The number of hydrogen-bond donors (Lipinski definition) is 3. The van der Waals surface area contributed by atoms with E-state index in [0.717, 1.165) is 17.3 Å². The molecular formula is C15H19N3O2. The highest BCUT2D eigenvalue weighted by Gasteiger charge is 2.04. The molecule has 0 aliphatic heterocycles. The summed E-state index contributed by atoms with van der Waals surface area (Å²) in [6.45, 7) is 3.09. The molecule has 0 aliphatic rings. The maximum Gasteiger partial charge on any atom is 0.314 e. The van der Waals surface area contributed by atoms with Crippen molar-refractivity contribution >= 4 is 16.9 Å². The number of aromatic nitrogens is 1. The Morgan fingerprint density at radius 3 is 2.75 bits per heavy atom. The van der Waals surface area contributed by atoms with Gasteiger partial charge in [-0.3, -0.25) is 4.79 Å². The standard InChI is InChI=1S/C15H19N3O2/c1-2-8-16-15(20)17-9-7-12-10-11-5-3-4-6-13(11)18-14(12)19/h3-6,10H,2,7-9H2,1H3,(H,18,19)(H2,16,17,20). The van der Waals surface area contributed by atoms with E-state index in [4.69, 9.17) is 0 Å². The van der Waals surface area contributed by atoms with Crippen LogP contribution in [0.5, 0.6) is 0 Å². The van der Waals surface area contributed by atoms with Crippen LogP contribution < -0.4 is 16.2 Å². The second-order valence-corrected chi connectivity index (χ2v) is 4.64. The molecule has 0 radical (unpaired) electrons. The fourth-order valence-corrected chi connectivity index (χ4v) is 1.99. The van der Waals surface area contributed by atoms with E-state index in [9.17, 15) is 9.59 Å². The lowest BCUT2D eigenvalue weighted by Crippen LogP contribution is -2.37. The molecule has 1 aromatic heterocycles. The van der Waals surface area contributed by atoms with Crippen LogP contribution in [0.2, 0.25) is 0 Å². The Morgan fingerprint density at radius 2 is 1.95 bits per heavy atom. The largest absolute Gasteiger partial charge is 0.338 e. The number of fused-ring (bicyclic) bond motifs is 1. The van der Waals surface area contributed by atoms with Gasteiger partial charge in [0.1, 0.15) is 0 Å². The summed E-state index contributed by atoms with van der Waals surface area (Å²) in [6, 6.07) is 9.33. The van der Waals surface area contributed by atoms with Crippen molar-refractivity contribution < 1.29 is 4.79 Å². The molecule has 20 heavy (non-hydrogen) atoms. The zero-order chi connectivity index (χ0) is 14.4. The summed E-state index contributed by atoms with van der Waals surface area (Å²) in [7, 11) is 0. The Bertz CT molecular complexity index is 649. The minimum absolute atomic E-state index is 0.0977. The number of H-pyrrole nitrogens is 1. The van der Waals surface area contributed by atoms with Crippen molar-refractivity contribution in [2.24, 2.45) is 0 Å². The highest BCUT2D eigenvalue weighted by atomic mass is 16.2. The number of para-hydroxylation sites is 1. The Balaban J connectivity index is 1.98. The number of carbonyl (C=O) groups excluding carboxylic acids is 1. The van der Waals surface area contributed by atoms with Crippen molar-refractivity contribution in [1.29, 1.82) is 0 Å². The summed E-state index contributed by atoms with van der Waals surface area (Å²) in [6.07, 6.45) is 1.41. The van der Waals surface area contributed by atoms with Crippen LogP contribution in [-0.4, -0.2) is 24.1 Å². The van der Waals surface area contributed by atoms with Crippen LogP contribution in [0.3, 0.4) is 0 Å². The molecule has 0 bridgehead atoms. The lowest BCUT2D eigenvalue weighted by atomic mass is 10.1. The quantitative estimate of drug-likeness (QED) is 0.777. The van der Waals surface area contributed by atoms with E-state index in [1.165, 1.54) is 0 Å². The lowest BCUT2D eigenvalue weighted by molar-refractivity contribution is 0.241. The molecule has 0 saturated heterocycles. The minimum Gasteiger partial charge on any atom is -0.338 e. The molecule has 2 amide bonds. The third kappa shape index (κ3) is 3.60. The average molecular weight is 273 g/mol. The number of benzene rings is 1. The number of carbonyl (C=O) groups is 1. The minimum atomic E-state index is -0.191.